The van der Waals surface area contributed by atoms with Gasteiger partial charge in [-0.3, -0.25) is 0 Å². The van der Waals surface area contributed by atoms with Crippen LogP contribution in [0.3, 0.4) is 0 Å². The van der Waals surface area contributed by atoms with E-state index >= 15 is 0 Å². The Hall–Kier alpha value is -4.88. The summed E-state index contributed by atoms with van der Waals surface area (Å²) >= 11 is 0. The minimum atomic E-state index is 1.03. The number of fused-ring (bicyclic) bond motifs is 6. The minimum absolute atomic E-state index is 1.03. The number of aryl methyl sites for hydroxylation is 2. The van der Waals surface area contributed by atoms with Crippen LogP contribution in [0.1, 0.15) is 22.3 Å². The van der Waals surface area contributed by atoms with Gasteiger partial charge in [0, 0.05) is 16.3 Å². The van der Waals surface area contributed by atoms with Gasteiger partial charge in [0.2, 0.25) is 0 Å². The van der Waals surface area contributed by atoms with Crippen LogP contribution in [0, 0.1) is 13.8 Å². The molecule has 0 spiro atoms. The lowest BCUT2D eigenvalue weighted by Crippen LogP contribution is -1.97. The van der Waals surface area contributed by atoms with E-state index in [1.54, 1.807) is 0 Å². The molecule has 6 aromatic carbocycles. The van der Waals surface area contributed by atoms with Crippen molar-refractivity contribution < 1.29 is 0 Å². The molecule has 0 saturated heterocycles. The fraction of sp³-hybridized carbons (Fsp3) is 0.0769. The zero-order valence-electron chi connectivity index (χ0n) is 22.8. The highest BCUT2D eigenvalue weighted by molar-refractivity contribution is 6.12. The Labute approximate surface area is 235 Å². The van der Waals surface area contributed by atoms with Crippen LogP contribution >= 0.6 is 0 Å². The zero-order chi connectivity index (χ0) is 26.8. The van der Waals surface area contributed by atoms with Crippen LogP contribution in [-0.4, -0.2) is 4.57 Å². The number of benzene rings is 6. The number of nitrogens with zero attached hydrogens (tertiary/aromatic N) is 1. The van der Waals surface area contributed by atoms with Crippen LogP contribution in [0.4, 0.5) is 0 Å². The quantitative estimate of drug-likeness (QED) is 0.222. The molecular formula is C39H29N. The van der Waals surface area contributed by atoms with Crippen LogP contribution in [0.25, 0.3) is 60.9 Å². The summed E-state index contributed by atoms with van der Waals surface area (Å²) in [5.74, 6) is 0. The van der Waals surface area contributed by atoms with Gasteiger partial charge < -0.3 is 4.57 Å². The predicted octanol–water partition coefficient (Wildman–Crippen LogP) is 10.3. The average Bonchev–Trinajstić information content (AvgIpc) is 3.54. The van der Waals surface area contributed by atoms with Crippen LogP contribution in [0.15, 0.2) is 127 Å². The van der Waals surface area contributed by atoms with E-state index in [2.05, 4.69) is 146 Å². The number of para-hydroxylation sites is 1. The molecule has 0 fully saturated rings. The molecule has 1 heterocycles. The zero-order valence-corrected chi connectivity index (χ0v) is 22.8. The Morgan fingerprint density at radius 1 is 0.450 bits per heavy atom. The minimum Gasteiger partial charge on any atom is -0.309 e. The van der Waals surface area contributed by atoms with Crippen molar-refractivity contribution in [2.75, 3.05) is 0 Å². The molecule has 0 bridgehead atoms. The molecule has 1 aromatic heterocycles. The van der Waals surface area contributed by atoms with E-state index in [4.69, 9.17) is 0 Å². The molecule has 40 heavy (non-hydrogen) atoms. The molecule has 7 aromatic rings. The molecule has 0 N–H and O–H groups in total. The Bertz CT molecular complexity index is 2030. The van der Waals surface area contributed by atoms with E-state index in [9.17, 15) is 0 Å². The lowest BCUT2D eigenvalue weighted by molar-refractivity contribution is 1.18. The summed E-state index contributed by atoms with van der Waals surface area (Å²) in [5, 5.41) is 2.69. The topological polar surface area (TPSA) is 4.93 Å². The van der Waals surface area contributed by atoms with Gasteiger partial charge in [-0.15, -0.1) is 0 Å². The highest BCUT2D eigenvalue weighted by Crippen LogP contribution is 2.41. The number of hydrogen-bond donors (Lipinski definition) is 0. The molecule has 0 unspecified atom stereocenters. The van der Waals surface area contributed by atoms with Gasteiger partial charge >= 0.3 is 0 Å². The average molecular weight is 512 g/mol. The maximum atomic E-state index is 2.45. The van der Waals surface area contributed by atoms with Crippen LogP contribution in [0.5, 0.6) is 0 Å². The van der Waals surface area contributed by atoms with Crippen molar-refractivity contribution in [3.05, 3.63) is 150 Å². The van der Waals surface area contributed by atoms with Crippen molar-refractivity contribution in [3.8, 4) is 39.1 Å². The van der Waals surface area contributed by atoms with Gasteiger partial charge in [-0.1, -0.05) is 103 Å². The van der Waals surface area contributed by atoms with Crippen LogP contribution in [0.2, 0.25) is 0 Å². The van der Waals surface area contributed by atoms with Crippen molar-refractivity contribution in [1.82, 2.24) is 4.57 Å². The summed E-state index contributed by atoms with van der Waals surface area (Å²) in [4.78, 5) is 0. The molecular weight excluding hydrogens is 482 g/mol. The first-order valence-electron chi connectivity index (χ1n) is 14.1. The summed E-state index contributed by atoms with van der Waals surface area (Å²) < 4.78 is 2.45. The van der Waals surface area contributed by atoms with Gasteiger partial charge in [0.15, 0.2) is 0 Å². The van der Waals surface area contributed by atoms with E-state index in [1.165, 1.54) is 83.1 Å². The summed E-state index contributed by atoms with van der Waals surface area (Å²) in [7, 11) is 0. The lowest BCUT2D eigenvalue weighted by atomic mass is 9.96. The fourth-order valence-electron chi connectivity index (χ4n) is 6.78. The molecule has 1 aliphatic carbocycles. The third-order valence-corrected chi connectivity index (χ3v) is 8.71. The number of aromatic nitrogens is 1. The van der Waals surface area contributed by atoms with Crippen molar-refractivity contribution in [1.29, 1.82) is 0 Å². The molecule has 0 saturated carbocycles. The molecule has 8 rings (SSSR count). The Kier molecular flexibility index (Phi) is 5.09. The van der Waals surface area contributed by atoms with E-state index in [1.807, 2.05) is 0 Å². The molecule has 0 amide bonds. The maximum Gasteiger partial charge on any atom is 0.0544 e. The van der Waals surface area contributed by atoms with Crippen molar-refractivity contribution in [2.45, 2.75) is 20.3 Å². The van der Waals surface area contributed by atoms with Gasteiger partial charge in [0.05, 0.1) is 16.7 Å². The fourth-order valence-corrected chi connectivity index (χ4v) is 6.78. The lowest BCUT2D eigenvalue weighted by Gasteiger charge is -2.15. The molecule has 190 valence electrons. The SMILES string of the molecule is Cc1cccc2c1c1c(C)cccc1n2-c1ccccc1-c1ccc(-c2ccc3c(c2)-c2ccccc2C3)cc1. The normalized spacial score (nSPS) is 12.2. The summed E-state index contributed by atoms with van der Waals surface area (Å²) in [6.07, 6.45) is 1.03. The van der Waals surface area contributed by atoms with Crippen molar-refractivity contribution in [2.24, 2.45) is 0 Å². The van der Waals surface area contributed by atoms with Gasteiger partial charge in [-0.05, 0) is 94.6 Å². The van der Waals surface area contributed by atoms with Gasteiger partial charge in [-0.2, -0.15) is 0 Å². The van der Waals surface area contributed by atoms with Crippen molar-refractivity contribution in [3.63, 3.8) is 0 Å². The monoisotopic (exact) mass is 511 g/mol. The second-order valence-electron chi connectivity index (χ2n) is 11.1. The molecule has 0 aliphatic heterocycles. The first-order chi connectivity index (χ1) is 19.7. The second kappa shape index (κ2) is 8.83. The first kappa shape index (κ1) is 23.0. The van der Waals surface area contributed by atoms with Gasteiger partial charge in [0.1, 0.15) is 0 Å². The highest BCUT2D eigenvalue weighted by atomic mass is 15.0. The van der Waals surface area contributed by atoms with E-state index in [0.29, 0.717) is 0 Å². The Balaban J connectivity index is 1.25. The first-order valence-corrected chi connectivity index (χ1v) is 14.1. The summed E-state index contributed by atoms with van der Waals surface area (Å²) in [6, 6.07) is 47.0. The second-order valence-corrected chi connectivity index (χ2v) is 11.1. The van der Waals surface area contributed by atoms with E-state index in [0.717, 1.165) is 6.42 Å². The Morgan fingerprint density at radius 3 is 1.75 bits per heavy atom. The molecule has 0 atom stereocenters. The van der Waals surface area contributed by atoms with Crippen molar-refractivity contribution >= 4 is 21.8 Å². The third kappa shape index (κ3) is 3.41. The maximum absolute atomic E-state index is 2.45. The van der Waals surface area contributed by atoms with Crippen LogP contribution < -0.4 is 0 Å². The molecule has 1 heteroatoms. The van der Waals surface area contributed by atoms with Gasteiger partial charge in [-0.25, -0.2) is 0 Å². The summed E-state index contributed by atoms with van der Waals surface area (Å²) in [6.45, 7) is 4.45. The largest absolute Gasteiger partial charge is 0.309 e. The van der Waals surface area contributed by atoms with E-state index in [-0.39, 0.29) is 0 Å². The number of hydrogen-bond acceptors (Lipinski definition) is 0. The van der Waals surface area contributed by atoms with Crippen LogP contribution in [-0.2, 0) is 6.42 Å². The number of rotatable bonds is 3. The van der Waals surface area contributed by atoms with E-state index < -0.39 is 0 Å². The third-order valence-electron chi connectivity index (χ3n) is 8.71. The molecule has 1 nitrogen and oxygen atoms in total. The Morgan fingerprint density at radius 2 is 1.02 bits per heavy atom. The molecule has 1 aliphatic rings. The highest BCUT2D eigenvalue weighted by Gasteiger charge is 2.19. The standard InChI is InChI=1S/C39H29N/c1-25-9-7-15-36-38(25)39-26(2)10-8-16-37(39)40(36)35-14-6-5-13-33(35)28-19-17-27(18-20-28)29-21-22-31-23-30-11-3-4-12-32(30)34(31)24-29/h3-22,24H,23H2,1-2H3. The predicted molar refractivity (Wildman–Crippen MR) is 169 cm³/mol. The summed E-state index contributed by atoms with van der Waals surface area (Å²) in [5.41, 5.74) is 16.9. The van der Waals surface area contributed by atoms with Gasteiger partial charge in [0.25, 0.3) is 0 Å². The molecule has 0 radical (unpaired) electrons. The smallest absolute Gasteiger partial charge is 0.0544 e.